The van der Waals surface area contributed by atoms with E-state index in [1.54, 1.807) is 39.8 Å². The summed E-state index contributed by atoms with van der Waals surface area (Å²) < 4.78 is 10.8. The van der Waals surface area contributed by atoms with Crippen molar-refractivity contribution in [2.24, 2.45) is 11.3 Å². The molecule has 0 saturated carbocycles. The molecular weight excluding hydrogens is 386 g/mol. The fourth-order valence-electron chi connectivity index (χ4n) is 3.58. The fraction of sp³-hybridized carbons (Fsp3) is 0.682. The van der Waals surface area contributed by atoms with Gasteiger partial charge in [-0.15, -0.1) is 0 Å². The molecule has 8 nitrogen and oxygen atoms in total. The summed E-state index contributed by atoms with van der Waals surface area (Å²) in [5.74, 6) is -1.19. The molecule has 1 fully saturated rings. The Balaban J connectivity index is 2.14. The molecule has 1 amide bonds. The first kappa shape index (κ1) is 24.1. The number of ether oxygens (including phenoxy) is 2. The predicted octanol–water partition coefficient (Wildman–Crippen LogP) is 1.77. The zero-order valence-electron chi connectivity index (χ0n) is 18.5. The molecule has 168 valence electrons. The fourth-order valence-corrected chi connectivity index (χ4v) is 3.58. The van der Waals surface area contributed by atoms with Gasteiger partial charge < -0.3 is 14.8 Å². The second-order valence-corrected chi connectivity index (χ2v) is 8.82. The molecule has 0 bridgehead atoms. The average Bonchev–Trinajstić information content (AvgIpc) is 2.71. The average molecular weight is 422 g/mol. The van der Waals surface area contributed by atoms with E-state index in [1.807, 2.05) is 12.2 Å². The smallest absolute Gasteiger partial charge is 0.324 e. The molecule has 2 atom stereocenters. The lowest BCUT2D eigenvalue weighted by molar-refractivity contribution is -0.166. The summed E-state index contributed by atoms with van der Waals surface area (Å²) in [7, 11) is 0. The molecule has 1 saturated heterocycles. The molecule has 3 N–H and O–H groups in total. The van der Waals surface area contributed by atoms with Crippen molar-refractivity contribution in [2.45, 2.75) is 65.0 Å². The number of amides is 1. The molecule has 0 aromatic carbocycles. The second kappa shape index (κ2) is 10.7. The Morgan fingerprint density at radius 2 is 1.90 bits per heavy atom. The van der Waals surface area contributed by atoms with Crippen molar-refractivity contribution in [3.63, 3.8) is 0 Å². The first-order chi connectivity index (χ1) is 14.2. The lowest BCUT2D eigenvalue weighted by Gasteiger charge is -2.35. The van der Waals surface area contributed by atoms with Gasteiger partial charge in [0.2, 0.25) is 5.91 Å². The Morgan fingerprint density at radius 1 is 1.20 bits per heavy atom. The Bertz CT molecular complexity index is 677. The highest BCUT2D eigenvalue weighted by molar-refractivity contribution is 5.83. The summed E-state index contributed by atoms with van der Waals surface area (Å²) in [4.78, 5) is 38.2. The minimum Gasteiger partial charge on any atom is -0.465 e. The first-order valence-corrected chi connectivity index (χ1v) is 10.7. The third kappa shape index (κ3) is 6.95. The zero-order chi connectivity index (χ0) is 22.2. The van der Waals surface area contributed by atoms with Crippen LogP contribution in [0, 0.1) is 11.3 Å². The van der Waals surface area contributed by atoms with E-state index in [0.717, 1.165) is 25.9 Å². The summed E-state index contributed by atoms with van der Waals surface area (Å²) in [6.45, 7) is 8.92. The number of rotatable bonds is 8. The van der Waals surface area contributed by atoms with Gasteiger partial charge in [0, 0.05) is 5.92 Å². The monoisotopic (exact) mass is 421 g/mol. The van der Waals surface area contributed by atoms with Gasteiger partial charge in [0.15, 0.2) is 0 Å². The van der Waals surface area contributed by atoms with E-state index in [4.69, 9.17) is 9.47 Å². The van der Waals surface area contributed by atoms with E-state index >= 15 is 0 Å². The number of hydrazine groups is 1. The molecule has 2 aliphatic rings. The van der Waals surface area contributed by atoms with Crippen LogP contribution < -0.4 is 16.2 Å². The number of esters is 2. The van der Waals surface area contributed by atoms with Crippen LogP contribution in [0.5, 0.6) is 0 Å². The van der Waals surface area contributed by atoms with Gasteiger partial charge >= 0.3 is 11.9 Å². The SMILES string of the molecule is CCOC(=O)[C@H](CC1(C(=O)OC(C)(C)C)C=CC=CC1)NNC(=O)C1CCNCC1. The molecule has 0 aromatic heterocycles. The summed E-state index contributed by atoms with van der Waals surface area (Å²) >= 11 is 0. The maximum Gasteiger partial charge on any atom is 0.324 e. The number of hydrogen-bond acceptors (Lipinski definition) is 7. The Labute approximate surface area is 178 Å². The van der Waals surface area contributed by atoms with Gasteiger partial charge in [0.1, 0.15) is 11.6 Å². The Kier molecular flexibility index (Phi) is 8.61. The standard InChI is InChI=1S/C22H35N3O5/c1-5-29-19(27)17(24-25-18(26)16-9-13-23-14-10-16)15-22(11-7-6-8-12-22)20(28)30-21(2,3)4/h6-8,11,16-17,23-24H,5,9-10,12-15H2,1-4H3,(H,25,26)/t17-,22?/m0/s1. The lowest BCUT2D eigenvalue weighted by Crippen LogP contribution is -2.54. The van der Waals surface area contributed by atoms with Gasteiger partial charge in [0.25, 0.3) is 0 Å². The molecule has 8 heteroatoms. The molecule has 2 rings (SSSR count). The van der Waals surface area contributed by atoms with E-state index < -0.39 is 29.0 Å². The van der Waals surface area contributed by atoms with Crippen molar-refractivity contribution >= 4 is 17.8 Å². The normalized spacial score (nSPS) is 22.9. The maximum atomic E-state index is 13.1. The molecule has 1 heterocycles. The number of carbonyl (C=O) groups excluding carboxylic acids is 3. The lowest BCUT2D eigenvalue weighted by atomic mass is 9.76. The van der Waals surface area contributed by atoms with Crippen molar-refractivity contribution in [3.05, 3.63) is 24.3 Å². The van der Waals surface area contributed by atoms with Crippen molar-refractivity contribution in [3.8, 4) is 0 Å². The molecule has 30 heavy (non-hydrogen) atoms. The van der Waals surface area contributed by atoms with E-state index in [9.17, 15) is 14.4 Å². The van der Waals surface area contributed by atoms with E-state index in [-0.39, 0.29) is 24.9 Å². The highest BCUT2D eigenvalue weighted by atomic mass is 16.6. The van der Waals surface area contributed by atoms with Crippen LogP contribution >= 0.6 is 0 Å². The second-order valence-electron chi connectivity index (χ2n) is 8.82. The summed E-state index contributed by atoms with van der Waals surface area (Å²) in [5, 5.41) is 3.22. The summed E-state index contributed by atoms with van der Waals surface area (Å²) in [6.07, 6.45) is 9.27. The topological polar surface area (TPSA) is 106 Å². The third-order valence-electron chi connectivity index (χ3n) is 5.17. The molecule has 1 unspecified atom stereocenters. The maximum absolute atomic E-state index is 13.1. The van der Waals surface area contributed by atoms with E-state index in [1.165, 1.54) is 0 Å². The number of hydrogen-bond donors (Lipinski definition) is 3. The molecule has 1 aliphatic heterocycles. The molecular formula is C22H35N3O5. The van der Waals surface area contributed by atoms with Crippen LogP contribution in [-0.4, -0.2) is 49.2 Å². The van der Waals surface area contributed by atoms with Crippen LogP contribution in [0.2, 0.25) is 0 Å². The summed E-state index contributed by atoms with van der Waals surface area (Å²) in [6, 6.07) is -0.890. The van der Waals surface area contributed by atoms with Crippen LogP contribution in [0.15, 0.2) is 24.3 Å². The van der Waals surface area contributed by atoms with Gasteiger partial charge in [-0.3, -0.25) is 19.8 Å². The Morgan fingerprint density at radius 3 is 2.47 bits per heavy atom. The number of piperidine rings is 1. The van der Waals surface area contributed by atoms with Crippen LogP contribution in [-0.2, 0) is 23.9 Å². The largest absolute Gasteiger partial charge is 0.465 e. The first-order valence-electron chi connectivity index (χ1n) is 10.7. The predicted molar refractivity (Wildman–Crippen MR) is 113 cm³/mol. The minimum atomic E-state index is -1.02. The molecule has 0 spiro atoms. The molecule has 1 aliphatic carbocycles. The zero-order valence-corrected chi connectivity index (χ0v) is 18.5. The van der Waals surface area contributed by atoms with Gasteiger partial charge in [-0.2, -0.15) is 0 Å². The van der Waals surface area contributed by atoms with Crippen LogP contribution in [0.3, 0.4) is 0 Å². The van der Waals surface area contributed by atoms with Crippen LogP contribution in [0.25, 0.3) is 0 Å². The highest BCUT2D eigenvalue weighted by Gasteiger charge is 2.43. The van der Waals surface area contributed by atoms with Crippen molar-refractivity contribution in [1.82, 2.24) is 16.2 Å². The molecule has 0 aromatic rings. The summed E-state index contributed by atoms with van der Waals surface area (Å²) in [5.41, 5.74) is 3.83. The number of allylic oxidation sites excluding steroid dienone is 3. The Hall–Kier alpha value is -2.19. The van der Waals surface area contributed by atoms with Crippen LogP contribution in [0.4, 0.5) is 0 Å². The highest BCUT2D eigenvalue weighted by Crippen LogP contribution is 2.36. The quantitative estimate of drug-likeness (QED) is 0.405. The van der Waals surface area contributed by atoms with Gasteiger partial charge in [0.05, 0.1) is 12.0 Å². The van der Waals surface area contributed by atoms with Crippen LogP contribution in [0.1, 0.15) is 53.4 Å². The number of nitrogens with one attached hydrogen (secondary N) is 3. The van der Waals surface area contributed by atoms with Crippen molar-refractivity contribution < 1.29 is 23.9 Å². The number of carbonyl (C=O) groups is 3. The van der Waals surface area contributed by atoms with Gasteiger partial charge in [-0.05, 0) is 66.5 Å². The third-order valence-corrected chi connectivity index (χ3v) is 5.17. The van der Waals surface area contributed by atoms with Crippen molar-refractivity contribution in [1.29, 1.82) is 0 Å². The molecule has 0 radical (unpaired) electrons. The minimum absolute atomic E-state index is 0.105. The van der Waals surface area contributed by atoms with Gasteiger partial charge in [-0.25, -0.2) is 5.43 Å². The van der Waals surface area contributed by atoms with Crippen molar-refractivity contribution in [2.75, 3.05) is 19.7 Å². The van der Waals surface area contributed by atoms with E-state index in [0.29, 0.717) is 6.42 Å². The van der Waals surface area contributed by atoms with Gasteiger partial charge in [-0.1, -0.05) is 24.3 Å². The van der Waals surface area contributed by atoms with E-state index in [2.05, 4.69) is 16.2 Å².